The van der Waals surface area contributed by atoms with Crippen LogP contribution in [0.1, 0.15) is 19.4 Å². The van der Waals surface area contributed by atoms with Crippen LogP contribution in [-0.4, -0.2) is 23.1 Å². The molecule has 0 aliphatic heterocycles. The molecule has 5 nitrogen and oxygen atoms in total. The van der Waals surface area contributed by atoms with E-state index in [4.69, 9.17) is 11.6 Å². The maximum Gasteiger partial charge on any atom is 0.261 e. The van der Waals surface area contributed by atoms with Crippen molar-refractivity contribution in [1.82, 2.24) is 0 Å². The van der Waals surface area contributed by atoms with Gasteiger partial charge in [-0.25, -0.2) is 16.8 Å². The molecule has 2 rings (SSSR count). The normalized spacial score (nSPS) is 12.4. The van der Waals surface area contributed by atoms with Crippen molar-refractivity contribution < 1.29 is 16.8 Å². The molecule has 0 aliphatic carbocycles. The summed E-state index contributed by atoms with van der Waals surface area (Å²) in [5.74, 6) is 0.329. The quantitative estimate of drug-likeness (QED) is 0.799. The average Bonchev–Trinajstić information content (AvgIpc) is 2.49. The summed E-state index contributed by atoms with van der Waals surface area (Å²) in [6.07, 6.45) is 1.74. The summed E-state index contributed by atoms with van der Waals surface area (Å²) in [5, 5.41) is 0.538. The Labute approximate surface area is 154 Å². The molecule has 8 heteroatoms. The number of hydrogen-bond donors (Lipinski definition) is 1. The summed E-state index contributed by atoms with van der Waals surface area (Å²) < 4.78 is 50.7. The number of benzene rings is 2. The van der Waals surface area contributed by atoms with Gasteiger partial charge in [-0.05, 0) is 60.4 Å². The first-order chi connectivity index (χ1) is 11.5. The Morgan fingerprint density at radius 2 is 1.52 bits per heavy atom. The van der Waals surface area contributed by atoms with E-state index in [0.29, 0.717) is 23.0 Å². The van der Waals surface area contributed by atoms with E-state index in [-0.39, 0.29) is 9.79 Å². The topological polar surface area (TPSA) is 80.3 Å². The summed E-state index contributed by atoms with van der Waals surface area (Å²) in [6, 6.07) is 10.1. The highest BCUT2D eigenvalue weighted by Gasteiger charge is 2.18. The Balaban J connectivity index is 2.36. The van der Waals surface area contributed by atoms with Crippen LogP contribution >= 0.6 is 11.6 Å². The third kappa shape index (κ3) is 5.20. The van der Waals surface area contributed by atoms with Gasteiger partial charge in [-0.1, -0.05) is 25.4 Å². The number of hydrogen-bond acceptors (Lipinski definition) is 4. The predicted octanol–water partition coefficient (Wildman–Crippen LogP) is 3.74. The van der Waals surface area contributed by atoms with Crippen molar-refractivity contribution in [3.8, 4) is 0 Å². The van der Waals surface area contributed by atoms with Crippen molar-refractivity contribution in [2.24, 2.45) is 5.92 Å². The number of halogens is 1. The molecule has 0 aliphatic rings. The second-order valence-electron chi connectivity index (χ2n) is 6.25. The molecule has 0 aromatic heterocycles. The van der Waals surface area contributed by atoms with Crippen LogP contribution in [0.3, 0.4) is 0 Å². The van der Waals surface area contributed by atoms with Crippen molar-refractivity contribution in [3.63, 3.8) is 0 Å². The summed E-state index contributed by atoms with van der Waals surface area (Å²) in [7, 11) is -7.21. The molecular weight excluding hydrogens is 382 g/mol. The molecule has 0 amide bonds. The minimum Gasteiger partial charge on any atom is -0.279 e. The van der Waals surface area contributed by atoms with Gasteiger partial charge in [0.15, 0.2) is 9.84 Å². The zero-order valence-electron chi connectivity index (χ0n) is 14.2. The number of anilines is 1. The number of rotatable bonds is 6. The predicted molar refractivity (Wildman–Crippen MR) is 100 cm³/mol. The molecular formula is C17H20ClNO4S2. The van der Waals surface area contributed by atoms with Crippen LogP contribution in [0, 0.1) is 5.92 Å². The molecule has 1 N–H and O–H groups in total. The molecule has 25 heavy (non-hydrogen) atoms. The molecule has 2 aromatic carbocycles. The van der Waals surface area contributed by atoms with E-state index in [1.165, 1.54) is 24.3 Å². The van der Waals surface area contributed by atoms with Crippen molar-refractivity contribution in [2.45, 2.75) is 30.1 Å². The van der Waals surface area contributed by atoms with E-state index in [1.54, 1.807) is 18.2 Å². The Morgan fingerprint density at radius 1 is 0.960 bits per heavy atom. The van der Waals surface area contributed by atoms with E-state index in [9.17, 15) is 16.8 Å². The van der Waals surface area contributed by atoms with Gasteiger partial charge in [-0.15, -0.1) is 0 Å². The lowest BCUT2D eigenvalue weighted by Crippen LogP contribution is -2.15. The van der Waals surface area contributed by atoms with Gasteiger partial charge < -0.3 is 0 Å². The SMILES string of the molecule is CC(C)Cc1cc(Cl)ccc1NS(=O)(=O)c1ccc(S(C)(=O)=O)cc1. The van der Waals surface area contributed by atoms with Gasteiger partial charge in [-0.2, -0.15) is 0 Å². The van der Waals surface area contributed by atoms with Crippen LogP contribution in [0.25, 0.3) is 0 Å². The molecule has 0 saturated carbocycles. The summed E-state index contributed by atoms with van der Waals surface area (Å²) in [5.41, 5.74) is 1.27. The van der Waals surface area contributed by atoms with E-state index in [1.807, 2.05) is 13.8 Å². The first kappa shape index (κ1) is 19.8. The van der Waals surface area contributed by atoms with Crippen LogP contribution in [0.2, 0.25) is 5.02 Å². The van der Waals surface area contributed by atoms with Crippen LogP contribution in [0.4, 0.5) is 5.69 Å². The lowest BCUT2D eigenvalue weighted by molar-refractivity contribution is 0.597. The number of nitrogens with one attached hydrogen (secondary N) is 1. The molecule has 0 spiro atoms. The zero-order valence-corrected chi connectivity index (χ0v) is 16.5. The third-order valence-corrected chi connectivity index (χ3v) is 6.25. The van der Waals surface area contributed by atoms with Crippen LogP contribution in [0.5, 0.6) is 0 Å². The van der Waals surface area contributed by atoms with E-state index >= 15 is 0 Å². The van der Waals surface area contributed by atoms with E-state index in [2.05, 4.69) is 4.72 Å². The van der Waals surface area contributed by atoms with E-state index < -0.39 is 19.9 Å². The van der Waals surface area contributed by atoms with Crippen molar-refractivity contribution >= 4 is 37.1 Å². The van der Waals surface area contributed by atoms with Crippen molar-refractivity contribution in [3.05, 3.63) is 53.1 Å². The molecule has 0 bridgehead atoms. The van der Waals surface area contributed by atoms with Gasteiger partial charge >= 0.3 is 0 Å². The zero-order chi connectivity index (χ0) is 18.8. The van der Waals surface area contributed by atoms with Gasteiger partial charge in [0.1, 0.15) is 0 Å². The standard InChI is InChI=1S/C17H20ClNO4S2/c1-12(2)10-13-11-14(18)4-9-17(13)19-25(22,23)16-7-5-15(6-8-16)24(3,20)21/h4-9,11-12,19H,10H2,1-3H3. The second kappa shape index (κ2) is 7.35. The van der Waals surface area contributed by atoms with E-state index in [0.717, 1.165) is 11.8 Å². The first-order valence-electron chi connectivity index (χ1n) is 7.60. The Kier molecular flexibility index (Phi) is 5.81. The molecule has 0 unspecified atom stereocenters. The Morgan fingerprint density at radius 3 is 2.04 bits per heavy atom. The molecule has 2 aromatic rings. The lowest BCUT2D eigenvalue weighted by Gasteiger charge is -2.15. The second-order valence-corrected chi connectivity index (χ2v) is 10.4. The monoisotopic (exact) mass is 401 g/mol. The number of sulfonamides is 1. The highest BCUT2D eigenvalue weighted by molar-refractivity contribution is 7.92. The average molecular weight is 402 g/mol. The molecule has 0 heterocycles. The molecule has 0 atom stereocenters. The highest BCUT2D eigenvalue weighted by atomic mass is 35.5. The fraction of sp³-hybridized carbons (Fsp3) is 0.294. The van der Waals surface area contributed by atoms with Crippen LogP contribution in [-0.2, 0) is 26.3 Å². The maximum absolute atomic E-state index is 12.6. The Bertz CT molecular complexity index is 966. The minimum absolute atomic E-state index is 0.00894. The van der Waals surface area contributed by atoms with Gasteiger partial charge in [0, 0.05) is 11.3 Å². The molecule has 0 radical (unpaired) electrons. The first-order valence-corrected chi connectivity index (χ1v) is 11.4. The van der Waals surface area contributed by atoms with Crippen molar-refractivity contribution in [2.75, 3.05) is 11.0 Å². The molecule has 0 saturated heterocycles. The Hall–Kier alpha value is -1.57. The number of sulfone groups is 1. The van der Waals surface area contributed by atoms with Gasteiger partial charge in [0.05, 0.1) is 15.5 Å². The van der Waals surface area contributed by atoms with Crippen LogP contribution < -0.4 is 4.72 Å². The summed E-state index contributed by atoms with van der Waals surface area (Å²) in [6.45, 7) is 4.06. The fourth-order valence-electron chi connectivity index (χ4n) is 2.34. The summed E-state index contributed by atoms with van der Waals surface area (Å²) >= 11 is 6.01. The maximum atomic E-state index is 12.6. The fourth-order valence-corrected chi connectivity index (χ4v) is 4.27. The highest BCUT2D eigenvalue weighted by Crippen LogP contribution is 2.26. The molecule has 0 fully saturated rings. The molecule has 136 valence electrons. The van der Waals surface area contributed by atoms with Gasteiger partial charge in [0.2, 0.25) is 0 Å². The summed E-state index contributed by atoms with van der Waals surface area (Å²) in [4.78, 5) is 0.0591. The van der Waals surface area contributed by atoms with Crippen LogP contribution in [0.15, 0.2) is 52.3 Å². The third-order valence-electron chi connectivity index (χ3n) is 3.50. The van der Waals surface area contributed by atoms with Gasteiger partial charge in [-0.3, -0.25) is 4.72 Å². The van der Waals surface area contributed by atoms with Gasteiger partial charge in [0.25, 0.3) is 10.0 Å². The lowest BCUT2D eigenvalue weighted by atomic mass is 10.0. The smallest absolute Gasteiger partial charge is 0.261 e. The van der Waals surface area contributed by atoms with Crippen molar-refractivity contribution in [1.29, 1.82) is 0 Å². The minimum atomic E-state index is -3.83. The largest absolute Gasteiger partial charge is 0.279 e.